The second-order valence-electron chi connectivity index (χ2n) is 3.02. The van der Waals surface area contributed by atoms with Crippen LogP contribution in [0.5, 0.6) is 0 Å². The van der Waals surface area contributed by atoms with Gasteiger partial charge in [0.05, 0.1) is 16.7 Å². The van der Waals surface area contributed by atoms with Gasteiger partial charge in [-0.25, -0.2) is 0 Å². The molecule has 68 valence electrons. The summed E-state index contributed by atoms with van der Waals surface area (Å²) in [6.07, 6.45) is 1.81. The number of aromatic nitrogens is 2. The summed E-state index contributed by atoms with van der Waals surface area (Å²) >= 11 is 9.54. The van der Waals surface area contributed by atoms with Crippen molar-refractivity contribution in [1.82, 2.24) is 9.78 Å². The van der Waals surface area contributed by atoms with Crippen molar-refractivity contribution in [3.8, 4) is 0 Å². The Morgan fingerprint density at radius 3 is 2.92 bits per heavy atom. The molecular formula is C9H8BrClN2. The topological polar surface area (TPSA) is 17.8 Å². The van der Waals surface area contributed by atoms with Crippen molar-refractivity contribution in [2.45, 2.75) is 6.92 Å². The fraction of sp³-hybridized carbons (Fsp3) is 0.222. The van der Waals surface area contributed by atoms with E-state index in [-0.39, 0.29) is 0 Å². The van der Waals surface area contributed by atoms with E-state index < -0.39 is 0 Å². The summed E-state index contributed by atoms with van der Waals surface area (Å²) in [5, 5.41) is 5.98. The molecule has 0 fully saturated rings. The van der Waals surface area contributed by atoms with Crippen LogP contribution >= 0.6 is 27.5 Å². The fourth-order valence-corrected chi connectivity index (χ4v) is 2.12. The number of benzene rings is 1. The molecule has 0 N–H and O–H groups in total. The van der Waals surface area contributed by atoms with E-state index in [1.54, 1.807) is 0 Å². The third-order valence-electron chi connectivity index (χ3n) is 2.11. The average Bonchev–Trinajstić information content (AvgIpc) is 2.45. The molecule has 2 nitrogen and oxygen atoms in total. The van der Waals surface area contributed by atoms with E-state index in [1.165, 1.54) is 0 Å². The van der Waals surface area contributed by atoms with Crippen LogP contribution in [0.4, 0.5) is 0 Å². The summed E-state index contributed by atoms with van der Waals surface area (Å²) in [6, 6.07) is 2.04. The van der Waals surface area contributed by atoms with E-state index >= 15 is 0 Å². The molecule has 1 aromatic heterocycles. The van der Waals surface area contributed by atoms with Crippen molar-refractivity contribution in [2.75, 3.05) is 0 Å². The van der Waals surface area contributed by atoms with Crippen molar-refractivity contribution < 1.29 is 0 Å². The van der Waals surface area contributed by atoms with Gasteiger partial charge in [0.2, 0.25) is 0 Å². The molecule has 0 unspecified atom stereocenters. The molecule has 0 saturated carbocycles. The van der Waals surface area contributed by atoms with E-state index in [9.17, 15) is 0 Å². The summed E-state index contributed by atoms with van der Waals surface area (Å²) in [5.74, 6) is 0. The number of hydrogen-bond donors (Lipinski definition) is 0. The summed E-state index contributed by atoms with van der Waals surface area (Å²) in [7, 11) is 1.92. The predicted molar refractivity (Wildman–Crippen MR) is 58.2 cm³/mol. The van der Waals surface area contributed by atoms with Crippen LogP contribution in [-0.2, 0) is 7.05 Å². The van der Waals surface area contributed by atoms with Gasteiger partial charge in [-0.15, -0.1) is 0 Å². The van der Waals surface area contributed by atoms with Crippen molar-refractivity contribution in [1.29, 1.82) is 0 Å². The Morgan fingerprint density at radius 2 is 2.23 bits per heavy atom. The summed E-state index contributed by atoms with van der Waals surface area (Å²) in [6.45, 7) is 1.99. The summed E-state index contributed by atoms with van der Waals surface area (Å²) in [4.78, 5) is 0. The van der Waals surface area contributed by atoms with Crippen LogP contribution in [-0.4, -0.2) is 9.78 Å². The molecule has 0 atom stereocenters. The zero-order valence-corrected chi connectivity index (χ0v) is 9.65. The summed E-state index contributed by atoms with van der Waals surface area (Å²) < 4.78 is 2.76. The third-order valence-corrected chi connectivity index (χ3v) is 3.65. The quantitative estimate of drug-likeness (QED) is 0.710. The SMILES string of the molecule is Cc1cc2c(cnn2C)c(Br)c1Cl. The van der Waals surface area contributed by atoms with Crippen LogP contribution in [0, 0.1) is 6.92 Å². The Bertz CT molecular complexity index is 476. The maximum Gasteiger partial charge on any atom is 0.0694 e. The van der Waals surface area contributed by atoms with Crippen LogP contribution in [0.1, 0.15) is 5.56 Å². The lowest BCUT2D eigenvalue weighted by Crippen LogP contribution is -1.89. The molecule has 2 aromatic rings. The number of nitrogens with zero attached hydrogens (tertiary/aromatic N) is 2. The maximum absolute atomic E-state index is 6.08. The number of aryl methyl sites for hydroxylation is 2. The van der Waals surface area contributed by atoms with Gasteiger partial charge in [0, 0.05) is 16.9 Å². The zero-order chi connectivity index (χ0) is 9.59. The Hall–Kier alpha value is -0.540. The minimum Gasteiger partial charge on any atom is -0.268 e. The van der Waals surface area contributed by atoms with Crippen LogP contribution < -0.4 is 0 Å². The van der Waals surface area contributed by atoms with Crippen molar-refractivity contribution in [2.24, 2.45) is 7.05 Å². The highest BCUT2D eigenvalue weighted by molar-refractivity contribution is 9.10. The van der Waals surface area contributed by atoms with Gasteiger partial charge in [0.25, 0.3) is 0 Å². The molecule has 0 spiro atoms. The van der Waals surface area contributed by atoms with Gasteiger partial charge in [-0.3, -0.25) is 4.68 Å². The molecule has 0 aliphatic rings. The first-order chi connectivity index (χ1) is 6.11. The van der Waals surface area contributed by atoms with E-state index in [0.29, 0.717) is 0 Å². The summed E-state index contributed by atoms with van der Waals surface area (Å²) in [5.41, 5.74) is 2.15. The molecule has 0 saturated heterocycles. The highest BCUT2D eigenvalue weighted by atomic mass is 79.9. The van der Waals surface area contributed by atoms with Gasteiger partial charge in [-0.05, 0) is 34.5 Å². The predicted octanol–water partition coefficient (Wildman–Crippen LogP) is 3.30. The molecule has 1 aromatic carbocycles. The van der Waals surface area contributed by atoms with E-state index in [0.717, 1.165) is 26.0 Å². The minimum atomic E-state index is 0.764. The smallest absolute Gasteiger partial charge is 0.0694 e. The Kier molecular flexibility index (Phi) is 2.08. The molecule has 0 aliphatic heterocycles. The molecule has 0 radical (unpaired) electrons. The highest BCUT2D eigenvalue weighted by Crippen LogP contribution is 2.33. The molecule has 0 amide bonds. The van der Waals surface area contributed by atoms with Gasteiger partial charge in [0.15, 0.2) is 0 Å². The first-order valence-corrected chi connectivity index (χ1v) is 5.04. The second kappa shape index (κ2) is 3.00. The number of halogens is 2. The van der Waals surface area contributed by atoms with Crippen LogP contribution in [0.2, 0.25) is 5.02 Å². The normalized spacial score (nSPS) is 11.1. The van der Waals surface area contributed by atoms with E-state index in [4.69, 9.17) is 11.6 Å². The molecule has 0 bridgehead atoms. The Balaban J connectivity index is 2.96. The van der Waals surface area contributed by atoms with Crippen molar-refractivity contribution >= 4 is 38.4 Å². The lowest BCUT2D eigenvalue weighted by Gasteiger charge is -2.02. The van der Waals surface area contributed by atoms with Crippen LogP contribution in [0.3, 0.4) is 0 Å². The molecule has 4 heteroatoms. The first-order valence-electron chi connectivity index (χ1n) is 3.87. The van der Waals surface area contributed by atoms with Gasteiger partial charge in [-0.1, -0.05) is 11.6 Å². The molecule has 1 heterocycles. The number of fused-ring (bicyclic) bond motifs is 1. The molecule has 0 aliphatic carbocycles. The van der Waals surface area contributed by atoms with Crippen molar-refractivity contribution in [3.05, 3.63) is 27.3 Å². The van der Waals surface area contributed by atoms with Crippen LogP contribution in [0.15, 0.2) is 16.7 Å². The largest absolute Gasteiger partial charge is 0.268 e. The highest BCUT2D eigenvalue weighted by Gasteiger charge is 2.09. The van der Waals surface area contributed by atoms with Gasteiger partial charge in [-0.2, -0.15) is 5.10 Å². The van der Waals surface area contributed by atoms with E-state index in [2.05, 4.69) is 21.0 Å². The lowest BCUT2D eigenvalue weighted by atomic mass is 10.2. The second-order valence-corrected chi connectivity index (χ2v) is 4.19. The van der Waals surface area contributed by atoms with Gasteiger partial charge in [0.1, 0.15) is 0 Å². The number of hydrogen-bond acceptors (Lipinski definition) is 1. The molecule has 13 heavy (non-hydrogen) atoms. The van der Waals surface area contributed by atoms with Crippen molar-refractivity contribution in [3.63, 3.8) is 0 Å². The van der Waals surface area contributed by atoms with Gasteiger partial charge < -0.3 is 0 Å². The molecule has 2 rings (SSSR count). The first kappa shape index (κ1) is 9.03. The average molecular weight is 260 g/mol. The minimum absolute atomic E-state index is 0.764. The third kappa shape index (κ3) is 1.27. The Labute approximate surface area is 89.6 Å². The maximum atomic E-state index is 6.08. The van der Waals surface area contributed by atoms with Crippen LogP contribution in [0.25, 0.3) is 10.9 Å². The monoisotopic (exact) mass is 258 g/mol. The lowest BCUT2D eigenvalue weighted by molar-refractivity contribution is 0.796. The fourth-order valence-electron chi connectivity index (χ4n) is 1.35. The van der Waals surface area contributed by atoms with E-state index in [1.807, 2.05) is 30.9 Å². The van der Waals surface area contributed by atoms with Gasteiger partial charge >= 0.3 is 0 Å². The standard InChI is InChI=1S/C9H8BrClN2/c1-5-3-7-6(4-12-13(7)2)8(10)9(5)11/h3-4H,1-2H3. The zero-order valence-electron chi connectivity index (χ0n) is 7.31. The molecular weight excluding hydrogens is 251 g/mol. The number of rotatable bonds is 0. The Morgan fingerprint density at radius 1 is 1.54 bits per heavy atom.